The summed E-state index contributed by atoms with van der Waals surface area (Å²) in [6.07, 6.45) is 0.333. The Morgan fingerprint density at radius 1 is 1.07 bits per heavy atom. The highest BCUT2D eigenvalue weighted by molar-refractivity contribution is 7.89. The zero-order valence-electron chi connectivity index (χ0n) is 14.8. The quantitative estimate of drug-likeness (QED) is 0.857. The van der Waals surface area contributed by atoms with Crippen LogP contribution in [-0.2, 0) is 27.8 Å². The van der Waals surface area contributed by atoms with Gasteiger partial charge in [0.2, 0.25) is 15.9 Å². The van der Waals surface area contributed by atoms with Crippen LogP contribution < -0.4 is 14.8 Å². The van der Waals surface area contributed by atoms with Crippen LogP contribution in [0.5, 0.6) is 11.5 Å². The Morgan fingerprint density at radius 3 is 2.52 bits per heavy atom. The largest absolute Gasteiger partial charge is 0.486 e. The second kappa shape index (κ2) is 6.86. The SMILES string of the molecule is CNC(=O)[C@@H]1Cc2ccccc2CN1S(=O)(=O)c1ccc2c(c1)OCCO2. The first-order valence-electron chi connectivity index (χ1n) is 8.70. The first-order chi connectivity index (χ1) is 13.0. The summed E-state index contributed by atoms with van der Waals surface area (Å²) in [4.78, 5) is 12.5. The Kier molecular flexibility index (Phi) is 4.53. The van der Waals surface area contributed by atoms with Crippen molar-refractivity contribution < 1.29 is 22.7 Å². The van der Waals surface area contributed by atoms with E-state index in [1.165, 1.54) is 23.5 Å². The molecule has 1 amide bonds. The van der Waals surface area contributed by atoms with Crippen molar-refractivity contribution in [3.8, 4) is 11.5 Å². The van der Waals surface area contributed by atoms with Crippen LogP contribution in [0, 0.1) is 0 Å². The number of carbonyl (C=O) groups is 1. The molecule has 2 aromatic rings. The van der Waals surface area contributed by atoms with Gasteiger partial charge in [-0.25, -0.2) is 8.42 Å². The summed E-state index contributed by atoms with van der Waals surface area (Å²) in [5.74, 6) is 0.592. The zero-order chi connectivity index (χ0) is 19.0. The van der Waals surface area contributed by atoms with E-state index in [1.807, 2.05) is 24.3 Å². The van der Waals surface area contributed by atoms with Gasteiger partial charge in [-0.05, 0) is 29.7 Å². The lowest BCUT2D eigenvalue weighted by atomic mass is 9.95. The lowest BCUT2D eigenvalue weighted by molar-refractivity contribution is -0.124. The van der Waals surface area contributed by atoms with E-state index in [9.17, 15) is 13.2 Å². The molecule has 0 saturated carbocycles. The van der Waals surface area contributed by atoms with Crippen molar-refractivity contribution in [2.75, 3.05) is 20.3 Å². The van der Waals surface area contributed by atoms with Crippen LogP contribution in [0.25, 0.3) is 0 Å². The number of carbonyl (C=O) groups excluding carboxylic acids is 1. The van der Waals surface area contributed by atoms with E-state index in [0.29, 0.717) is 31.1 Å². The zero-order valence-corrected chi connectivity index (χ0v) is 15.7. The van der Waals surface area contributed by atoms with Crippen molar-refractivity contribution in [3.05, 3.63) is 53.6 Å². The smallest absolute Gasteiger partial charge is 0.244 e. The van der Waals surface area contributed by atoms with Gasteiger partial charge in [-0.3, -0.25) is 4.79 Å². The van der Waals surface area contributed by atoms with E-state index >= 15 is 0 Å². The predicted octanol–water partition coefficient (Wildman–Crippen LogP) is 1.32. The number of ether oxygens (including phenoxy) is 2. The maximum atomic E-state index is 13.4. The molecular formula is C19H20N2O5S. The van der Waals surface area contributed by atoms with Crippen molar-refractivity contribution in [1.29, 1.82) is 0 Å². The molecule has 27 heavy (non-hydrogen) atoms. The number of sulfonamides is 1. The standard InChI is InChI=1S/C19H20N2O5S/c1-20-19(22)16-10-13-4-2-3-5-14(13)12-21(16)27(23,24)15-6-7-17-18(11-15)26-9-8-25-17/h2-7,11,16H,8-10,12H2,1H3,(H,20,22)/t16-/m0/s1. The van der Waals surface area contributed by atoms with E-state index in [-0.39, 0.29) is 17.3 Å². The van der Waals surface area contributed by atoms with Gasteiger partial charge in [0.05, 0.1) is 4.90 Å². The van der Waals surface area contributed by atoms with Crippen molar-refractivity contribution in [2.45, 2.75) is 23.9 Å². The van der Waals surface area contributed by atoms with E-state index in [0.717, 1.165) is 11.1 Å². The highest BCUT2D eigenvalue weighted by atomic mass is 32.2. The topological polar surface area (TPSA) is 84.9 Å². The molecule has 0 aliphatic carbocycles. The number of likely N-dealkylation sites (N-methyl/N-ethyl adjacent to an activating group) is 1. The Hall–Kier alpha value is -2.58. The van der Waals surface area contributed by atoms with Crippen LogP contribution in [0.1, 0.15) is 11.1 Å². The normalized spacial score (nSPS) is 19.2. The summed E-state index contributed by atoms with van der Waals surface area (Å²) in [7, 11) is -2.39. The van der Waals surface area contributed by atoms with Gasteiger partial charge in [-0.2, -0.15) is 4.31 Å². The number of fused-ring (bicyclic) bond motifs is 2. The van der Waals surface area contributed by atoms with E-state index in [2.05, 4.69) is 5.32 Å². The van der Waals surface area contributed by atoms with Crippen molar-refractivity contribution in [1.82, 2.24) is 9.62 Å². The van der Waals surface area contributed by atoms with E-state index in [4.69, 9.17) is 9.47 Å². The van der Waals surface area contributed by atoms with Gasteiger partial charge in [0, 0.05) is 19.7 Å². The summed E-state index contributed by atoms with van der Waals surface area (Å²) < 4.78 is 39.0. The Labute approximate surface area is 157 Å². The molecule has 2 aliphatic rings. The molecule has 0 bridgehead atoms. The summed E-state index contributed by atoms with van der Waals surface area (Å²) >= 11 is 0. The molecule has 0 fully saturated rings. The third kappa shape index (κ3) is 3.15. The number of hydrogen-bond acceptors (Lipinski definition) is 5. The molecule has 7 nitrogen and oxygen atoms in total. The minimum atomic E-state index is -3.91. The van der Waals surface area contributed by atoms with Crippen LogP contribution in [0.4, 0.5) is 0 Å². The van der Waals surface area contributed by atoms with E-state index < -0.39 is 16.1 Å². The number of amides is 1. The third-order valence-electron chi connectivity index (χ3n) is 4.87. The van der Waals surface area contributed by atoms with Gasteiger partial charge in [0.1, 0.15) is 19.3 Å². The molecular weight excluding hydrogens is 368 g/mol. The number of benzene rings is 2. The Balaban J connectivity index is 1.75. The average molecular weight is 388 g/mol. The maximum Gasteiger partial charge on any atom is 0.244 e. The van der Waals surface area contributed by atoms with Crippen LogP contribution in [0.2, 0.25) is 0 Å². The molecule has 1 atom stereocenters. The monoisotopic (exact) mass is 388 g/mol. The van der Waals surface area contributed by atoms with Gasteiger partial charge >= 0.3 is 0 Å². The van der Waals surface area contributed by atoms with Crippen LogP contribution in [-0.4, -0.2) is 44.9 Å². The molecule has 8 heteroatoms. The van der Waals surface area contributed by atoms with E-state index in [1.54, 1.807) is 6.07 Å². The summed E-state index contributed by atoms with van der Waals surface area (Å²) in [5.41, 5.74) is 1.89. The lowest BCUT2D eigenvalue weighted by Gasteiger charge is -2.35. The first-order valence-corrected chi connectivity index (χ1v) is 10.1. The average Bonchev–Trinajstić information content (AvgIpc) is 2.71. The number of rotatable bonds is 3. The molecule has 2 aromatic carbocycles. The molecule has 4 rings (SSSR count). The summed E-state index contributed by atoms with van der Waals surface area (Å²) in [5, 5.41) is 2.58. The molecule has 2 heterocycles. The molecule has 0 saturated heterocycles. The highest BCUT2D eigenvalue weighted by Crippen LogP contribution is 2.35. The third-order valence-corrected chi connectivity index (χ3v) is 6.73. The van der Waals surface area contributed by atoms with Gasteiger partial charge in [-0.15, -0.1) is 0 Å². The molecule has 1 N–H and O–H groups in total. The second-order valence-electron chi connectivity index (χ2n) is 6.46. The van der Waals surface area contributed by atoms with Crippen LogP contribution >= 0.6 is 0 Å². The van der Waals surface area contributed by atoms with Gasteiger partial charge < -0.3 is 14.8 Å². The fraction of sp³-hybridized carbons (Fsp3) is 0.316. The molecule has 142 valence electrons. The highest BCUT2D eigenvalue weighted by Gasteiger charge is 2.39. The Bertz CT molecular complexity index is 989. The summed E-state index contributed by atoms with van der Waals surface area (Å²) in [6, 6.07) is 11.3. The van der Waals surface area contributed by atoms with Crippen LogP contribution in [0.3, 0.4) is 0 Å². The predicted molar refractivity (Wildman–Crippen MR) is 98.2 cm³/mol. The van der Waals surface area contributed by atoms with Crippen molar-refractivity contribution >= 4 is 15.9 Å². The fourth-order valence-corrected chi connectivity index (χ4v) is 5.04. The fourth-order valence-electron chi connectivity index (χ4n) is 3.46. The molecule has 0 spiro atoms. The maximum absolute atomic E-state index is 13.4. The minimum Gasteiger partial charge on any atom is -0.486 e. The minimum absolute atomic E-state index is 0.0834. The summed E-state index contributed by atoms with van der Waals surface area (Å²) in [6.45, 7) is 0.945. The first kappa shape index (κ1) is 17.8. The lowest BCUT2D eigenvalue weighted by Crippen LogP contribution is -2.51. The van der Waals surface area contributed by atoms with Crippen molar-refractivity contribution in [3.63, 3.8) is 0 Å². The molecule has 0 aromatic heterocycles. The Morgan fingerprint density at radius 2 is 1.78 bits per heavy atom. The van der Waals surface area contributed by atoms with Gasteiger partial charge in [0.15, 0.2) is 11.5 Å². The van der Waals surface area contributed by atoms with Crippen molar-refractivity contribution in [2.24, 2.45) is 0 Å². The molecule has 0 radical (unpaired) electrons. The number of hydrogen-bond donors (Lipinski definition) is 1. The number of nitrogens with one attached hydrogen (secondary N) is 1. The van der Waals surface area contributed by atoms with Gasteiger partial charge in [-0.1, -0.05) is 24.3 Å². The molecule has 0 unspecified atom stereocenters. The molecule has 2 aliphatic heterocycles. The second-order valence-corrected chi connectivity index (χ2v) is 8.35. The van der Waals surface area contributed by atoms with Crippen LogP contribution in [0.15, 0.2) is 47.4 Å². The van der Waals surface area contributed by atoms with Gasteiger partial charge in [0.25, 0.3) is 0 Å². The number of nitrogens with zero attached hydrogens (tertiary/aromatic N) is 1.